The molecule has 1 aromatic rings. The van der Waals surface area contributed by atoms with Gasteiger partial charge < -0.3 is 14.4 Å². The van der Waals surface area contributed by atoms with Crippen molar-refractivity contribution in [3.8, 4) is 0 Å². The zero-order valence-electron chi connectivity index (χ0n) is 13.0. The smallest absolute Gasteiger partial charge is 0.342 e. The van der Waals surface area contributed by atoms with Crippen molar-refractivity contribution in [2.45, 2.75) is 39.2 Å². The van der Waals surface area contributed by atoms with Crippen LogP contribution in [0.2, 0.25) is 0 Å². The number of aromatic nitrogens is 2. The maximum Gasteiger partial charge on any atom is 0.342 e. The molecule has 23 heavy (non-hydrogen) atoms. The fraction of sp³-hybridized carbons (Fsp3) is 0.467. The average molecular weight is 340 g/mol. The number of aromatic amines is 1. The largest absolute Gasteiger partial charge is 0.477 e. The quantitative estimate of drug-likeness (QED) is 0.309. The molecule has 0 amide bonds. The highest BCUT2D eigenvalue weighted by Crippen LogP contribution is 2.04. The number of carboxylic acids is 1. The Hall–Kier alpha value is -2.22. The van der Waals surface area contributed by atoms with Crippen LogP contribution in [0.25, 0.3) is 0 Å². The number of carbonyl (C=O) groups excluding carboxylic acids is 1. The van der Waals surface area contributed by atoms with Crippen molar-refractivity contribution in [2.24, 2.45) is 0 Å². The minimum Gasteiger partial charge on any atom is -0.477 e. The lowest BCUT2D eigenvalue weighted by atomic mass is 10.2. The van der Waals surface area contributed by atoms with Gasteiger partial charge in [0.1, 0.15) is 5.56 Å². The van der Waals surface area contributed by atoms with E-state index in [0.717, 1.165) is 25.7 Å². The molecule has 0 radical (unpaired) electrons. The molecule has 0 atom stereocenters. The molecule has 0 spiro atoms. The number of hydrogen-bond donors (Lipinski definition) is 2. The molecule has 8 heteroatoms. The average Bonchev–Trinajstić information content (AvgIpc) is 2.47. The van der Waals surface area contributed by atoms with Crippen LogP contribution < -0.4 is 5.56 Å². The van der Waals surface area contributed by atoms with Crippen molar-refractivity contribution in [1.29, 1.82) is 0 Å². The van der Waals surface area contributed by atoms with Gasteiger partial charge in [0, 0.05) is 18.3 Å². The van der Waals surface area contributed by atoms with Crippen LogP contribution in [0.4, 0.5) is 0 Å². The number of esters is 1. The zero-order chi connectivity index (χ0) is 17.4. The first-order valence-electron chi connectivity index (χ1n) is 7.22. The lowest BCUT2D eigenvalue weighted by Crippen LogP contribution is -2.21. The second kappa shape index (κ2) is 9.04. The molecule has 0 aliphatic rings. The molecular formula is C15H20N2O5S. The van der Waals surface area contributed by atoms with E-state index in [1.807, 2.05) is 0 Å². The zero-order valence-corrected chi connectivity index (χ0v) is 13.8. The van der Waals surface area contributed by atoms with E-state index < -0.39 is 11.5 Å². The number of ether oxygens (including phenoxy) is 1. The van der Waals surface area contributed by atoms with Gasteiger partial charge in [0.2, 0.25) is 0 Å². The van der Waals surface area contributed by atoms with Gasteiger partial charge >= 0.3 is 11.9 Å². The third-order valence-electron chi connectivity index (χ3n) is 3.12. The van der Waals surface area contributed by atoms with Crippen LogP contribution in [0.1, 0.15) is 43.0 Å². The molecular weight excluding hydrogens is 320 g/mol. The van der Waals surface area contributed by atoms with Gasteiger partial charge in [-0.05, 0) is 38.4 Å². The first-order valence-corrected chi connectivity index (χ1v) is 7.63. The summed E-state index contributed by atoms with van der Waals surface area (Å²) >= 11 is 5.01. The van der Waals surface area contributed by atoms with Crippen molar-refractivity contribution < 1.29 is 19.4 Å². The van der Waals surface area contributed by atoms with E-state index in [-0.39, 0.29) is 16.3 Å². The monoisotopic (exact) mass is 340 g/mol. The Morgan fingerprint density at radius 2 is 2.00 bits per heavy atom. The summed E-state index contributed by atoms with van der Waals surface area (Å²) < 4.78 is 6.72. The number of rotatable bonds is 9. The van der Waals surface area contributed by atoms with Gasteiger partial charge in [0.25, 0.3) is 5.56 Å². The Labute approximate surface area is 138 Å². The molecule has 0 aliphatic heterocycles. The van der Waals surface area contributed by atoms with Gasteiger partial charge in [-0.25, -0.2) is 9.59 Å². The molecule has 0 unspecified atom stereocenters. The minimum atomic E-state index is -1.28. The van der Waals surface area contributed by atoms with E-state index in [2.05, 4.69) is 11.6 Å². The Bertz CT molecular complexity index is 705. The van der Waals surface area contributed by atoms with Crippen molar-refractivity contribution >= 4 is 24.2 Å². The van der Waals surface area contributed by atoms with Gasteiger partial charge in [-0.15, -0.1) is 0 Å². The van der Waals surface area contributed by atoms with Crippen LogP contribution in [0.3, 0.4) is 0 Å². The van der Waals surface area contributed by atoms with E-state index in [4.69, 9.17) is 22.1 Å². The molecule has 2 N–H and O–H groups in total. The van der Waals surface area contributed by atoms with Crippen LogP contribution in [0.5, 0.6) is 0 Å². The third kappa shape index (κ3) is 6.19. The van der Waals surface area contributed by atoms with Gasteiger partial charge in [-0.1, -0.05) is 13.0 Å². The Balaban J connectivity index is 2.37. The summed E-state index contributed by atoms with van der Waals surface area (Å²) in [5.41, 5.74) is -0.643. The number of unbranched alkanes of at least 4 members (excludes halogenated alkanes) is 3. The van der Waals surface area contributed by atoms with E-state index in [9.17, 15) is 14.4 Å². The van der Waals surface area contributed by atoms with E-state index >= 15 is 0 Å². The number of carboxylic acid groups (broad SMARTS) is 1. The standard InChI is InChI=1S/C15H20N2O5S/c1-10(2)14(21)22-8-6-4-3-5-7-17-9-11(13(19)20)12(18)16-15(17)23/h9H,1,3-8H2,2H3,(H,19,20)(H,16,18,23). The number of nitrogens with one attached hydrogen (secondary N) is 1. The minimum absolute atomic E-state index is 0.204. The Morgan fingerprint density at radius 3 is 2.61 bits per heavy atom. The lowest BCUT2D eigenvalue weighted by Gasteiger charge is -2.08. The summed E-state index contributed by atoms with van der Waals surface area (Å²) in [6, 6.07) is 0. The van der Waals surface area contributed by atoms with E-state index in [0.29, 0.717) is 18.7 Å². The van der Waals surface area contributed by atoms with Gasteiger partial charge in [-0.3, -0.25) is 9.78 Å². The predicted molar refractivity (Wildman–Crippen MR) is 87.1 cm³/mol. The molecule has 1 aromatic heterocycles. The highest BCUT2D eigenvalue weighted by atomic mass is 32.1. The molecule has 126 valence electrons. The number of H-pyrrole nitrogens is 1. The number of nitrogens with zero attached hydrogens (tertiary/aromatic N) is 1. The molecule has 1 rings (SSSR count). The first kappa shape index (κ1) is 18.8. The third-order valence-corrected chi connectivity index (χ3v) is 3.45. The lowest BCUT2D eigenvalue weighted by molar-refractivity contribution is -0.139. The molecule has 0 saturated carbocycles. The predicted octanol–water partition coefficient (Wildman–Crippen LogP) is 2.28. The summed E-state index contributed by atoms with van der Waals surface area (Å²) in [6.45, 7) is 5.96. The van der Waals surface area contributed by atoms with Crippen LogP contribution in [0, 0.1) is 4.77 Å². The fourth-order valence-corrected chi connectivity index (χ4v) is 2.09. The highest BCUT2D eigenvalue weighted by molar-refractivity contribution is 7.71. The fourth-order valence-electron chi connectivity index (χ4n) is 1.85. The van der Waals surface area contributed by atoms with E-state index in [1.165, 1.54) is 6.20 Å². The molecule has 0 aromatic carbocycles. The van der Waals surface area contributed by atoms with Crippen molar-refractivity contribution in [3.63, 3.8) is 0 Å². The Kier molecular flexibility index (Phi) is 7.40. The van der Waals surface area contributed by atoms with Crippen LogP contribution in [-0.4, -0.2) is 33.2 Å². The number of aryl methyl sites for hydroxylation is 1. The number of carbonyl (C=O) groups is 2. The molecule has 7 nitrogen and oxygen atoms in total. The van der Waals surface area contributed by atoms with Gasteiger partial charge in [0.15, 0.2) is 4.77 Å². The summed E-state index contributed by atoms with van der Waals surface area (Å²) in [4.78, 5) is 35.8. The summed E-state index contributed by atoms with van der Waals surface area (Å²) in [5, 5.41) is 8.92. The maximum atomic E-state index is 11.4. The van der Waals surface area contributed by atoms with Crippen molar-refractivity contribution in [2.75, 3.05) is 6.61 Å². The van der Waals surface area contributed by atoms with Crippen LogP contribution >= 0.6 is 12.2 Å². The topological polar surface area (TPSA) is 101 Å². The molecule has 1 heterocycles. The van der Waals surface area contributed by atoms with E-state index in [1.54, 1.807) is 11.5 Å². The molecule has 0 saturated heterocycles. The summed E-state index contributed by atoms with van der Waals surface area (Å²) in [6.07, 6.45) is 4.52. The molecule has 0 aliphatic carbocycles. The van der Waals surface area contributed by atoms with Crippen molar-refractivity contribution in [3.05, 3.63) is 39.0 Å². The maximum absolute atomic E-state index is 11.4. The second-order valence-corrected chi connectivity index (χ2v) is 5.52. The van der Waals surface area contributed by atoms with Crippen molar-refractivity contribution in [1.82, 2.24) is 9.55 Å². The highest BCUT2D eigenvalue weighted by Gasteiger charge is 2.10. The summed E-state index contributed by atoms with van der Waals surface area (Å²) in [5.74, 6) is -1.67. The van der Waals surface area contributed by atoms with Crippen LogP contribution in [-0.2, 0) is 16.1 Å². The number of hydrogen-bond acceptors (Lipinski definition) is 5. The Morgan fingerprint density at radius 1 is 1.35 bits per heavy atom. The molecule has 0 bridgehead atoms. The van der Waals surface area contributed by atoms with Crippen LogP contribution in [0.15, 0.2) is 23.1 Å². The second-order valence-electron chi connectivity index (χ2n) is 5.13. The summed E-state index contributed by atoms with van der Waals surface area (Å²) in [7, 11) is 0. The van der Waals surface area contributed by atoms with Gasteiger partial charge in [-0.2, -0.15) is 0 Å². The SMILES string of the molecule is C=C(C)C(=O)OCCCCCCn1cc(C(=O)O)c(=O)[nH]c1=S. The number of aromatic carboxylic acids is 1. The van der Waals surface area contributed by atoms with Gasteiger partial charge in [0.05, 0.1) is 6.61 Å². The first-order chi connectivity index (χ1) is 10.8. The molecule has 0 fully saturated rings. The normalized spacial score (nSPS) is 10.3.